The van der Waals surface area contributed by atoms with E-state index in [2.05, 4.69) is 10.3 Å². The average Bonchev–Trinajstić information content (AvgIpc) is 2.22. The van der Waals surface area contributed by atoms with Gasteiger partial charge in [-0.05, 0) is 45.0 Å². The minimum Gasteiger partial charge on any atom is -0.317 e. The zero-order valence-corrected chi connectivity index (χ0v) is 8.29. The second-order valence-corrected chi connectivity index (χ2v) is 3.28. The van der Waals surface area contributed by atoms with Crippen LogP contribution in [0, 0.1) is 6.92 Å². The standard InChI is InChI=1S/C6H7N.C5H11N/c1-6-4-2-3-5-7-6;1-2-4-6-5-3-1/h2-5H,1H3;6H,1-5H2. The van der Waals surface area contributed by atoms with E-state index in [1.165, 1.54) is 32.4 Å². The van der Waals surface area contributed by atoms with E-state index in [9.17, 15) is 0 Å². The Labute approximate surface area is 80.4 Å². The van der Waals surface area contributed by atoms with Crippen LogP contribution in [0.3, 0.4) is 0 Å². The number of pyridine rings is 1. The van der Waals surface area contributed by atoms with Crippen LogP contribution in [0.4, 0.5) is 0 Å². The average molecular weight is 178 g/mol. The van der Waals surface area contributed by atoms with Crippen LogP contribution in [-0.4, -0.2) is 18.1 Å². The van der Waals surface area contributed by atoms with Gasteiger partial charge < -0.3 is 5.32 Å². The number of rotatable bonds is 0. The van der Waals surface area contributed by atoms with Crippen LogP contribution < -0.4 is 5.32 Å². The molecule has 1 aromatic rings. The molecule has 2 heteroatoms. The molecule has 1 N–H and O–H groups in total. The van der Waals surface area contributed by atoms with E-state index >= 15 is 0 Å². The Kier molecular flexibility index (Phi) is 5.18. The van der Waals surface area contributed by atoms with Gasteiger partial charge in [0.05, 0.1) is 0 Å². The number of hydrogen-bond donors (Lipinski definition) is 1. The van der Waals surface area contributed by atoms with Crippen LogP contribution in [0.25, 0.3) is 0 Å². The van der Waals surface area contributed by atoms with Crippen LogP contribution in [0.1, 0.15) is 25.0 Å². The van der Waals surface area contributed by atoms with Crippen LogP contribution >= 0.6 is 0 Å². The molecule has 1 saturated heterocycles. The first-order valence-electron chi connectivity index (χ1n) is 4.98. The highest BCUT2D eigenvalue weighted by atomic mass is 14.9. The van der Waals surface area contributed by atoms with Gasteiger partial charge in [0.1, 0.15) is 0 Å². The summed E-state index contributed by atoms with van der Waals surface area (Å²) in [6, 6.07) is 5.86. The second kappa shape index (κ2) is 6.61. The van der Waals surface area contributed by atoms with Crippen molar-refractivity contribution < 1.29 is 0 Å². The SMILES string of the molecule is C1CCNCC1.Cc1ccccn1. The molecule has 0 radical (unpaired) electrons. The van der Waals surface area contributed by atoms with Crippen LogP contribution in [0.15, 0.2) is 24.4 Å². The highest BCUT2D eigenvalue weighted by Gasteiger charge is 1.93. The van der Waals surface area contributed by atoms with Crippen molar-refractivity contribution in [2.75, 3.05) is 13.1 Å². The zero-order valence-electron chi connectivity index (χ0n) is 8.29. The first-order valence-corrected chi connectivity index (χ1v) is 4.98. The fourth-order valence-corrected chi connectivity index (χ4v) is 1.25. The van der Waals surface area contributed by atoms with Gasteiger partial charge in [-0.1, -0.05) is 12.5 Å². The van der Waals surface area contributed by atoms with Gasteiger partial charge in [-0.25, -0.2) is 0 Å². The molecule has 0 spiro atoms. The molecule has 0 amide bonds. The van der Waals surface area contributed by atoms with Gasteiger partial charge in [-0.2, -0.15) is 0 Å². The Morgan fingerprint density at radius 2 is 1.92 bits per heavy atom. The van der Waals surface area contributed by atoms with Crippen LogP contribution in [0.5, 0.6) is 0 Å². The van der Waals surface area contributed by atoms with E-state index in [-0.39, 0.29) is 0 Å². The van der Waals surface area contributed by atoms with Crippen molar-refractivity contribution in [2.45, 2.75) is 26.2 Å². The van der Waals surface area contributed by atoms with Gasteiger partial charge in [0.25, 0.3) is 0 Å². The predicted octanol–water partition coefficient (Wildman–Crippen LogP) is 2.15. The van der Waals surface area contributed by atoms with Crippen LogP contribution in [0.2, 0.25) is 0 Å². The summed E-state index contributed by atoms with van der Waals surface area (Å²) in [5.41, 5.74) is 1.07. The minimum absolute atomic E-state index is 1.07. The third-order valence-electron chi connectivity index (χ3n) is 2.02. The zero-order chi connectivity index (χ0) is 9.36. The molecule has 1 fully saturated rings. The molecule has 2 heterocycles. The molecule has 0 bridgehead atoms. The lowest BCUT2D eigenvalue weighted by atomic mass is 10.2. The third-order valence-corrected chi connectivity index (χ3v) is 2.02. The van der Waals surface area contributed by atoms with E-state index < -0.39 is 0 Å². The minimum atomic E-state index is 1.07. The molecule has 0 unspecified atom stereocenters. The molecule has 2 rings (SSSR count). The smallest absolute Gasteiger partial charge is 0.0372 e. The molecule has 2 nitrogen and oxygen atoms in total. The van der Waals surface area contributed by atoms with E-state index in [4.69, 9.17) is 0 Å². The molecule has 0 aromatic carbocycles. The molecule has 13 heavy (non-hydrogen) atoms. The van der Waals surface area contributed by atoms with Gasteiger partial charge in [-0.3, -0.25) is 4.98 Å². The van der Waals surface area contributed by atoms with Crippen LogP contribution in [-0.2, 0) is 0 Å². The first kappa shape index (κ1) is 10.2. The molecule has 1 aromatic heterocycles. The maximum Gasteiger partial charge on any atom is 0.0372 e. The van der Waals surface area contributed by atoms with Crippen molar-refractivity contribution in [1.29, 1.82) is 0 Å². The first-order chi connectivity index (χ1) is 6.39. The number of nitrogens with zero attached hydrogens (tertiary/aromatic N) is 1. The maximum absolute atomic E-state index is 3.98. The maximum atomic E-state index is 3.98. The lowest BCUT2D eigenvalue weighted by Gasteiger charge is -2.08. The Morgan fingerprint density at radius 3 is 2.15 bits per heavy atom. The lowest BCUT2D eigenvalue weighted by molar-refractivity contribution is 0.520. The summed E-state index contributed by atoms with van der Waals surface area (Å²) in [5.74, 6) is 0. The number of piperidine rings is 1. The third kappa shape index (κ3) is 5.36. The number of hydrogen-bond acceptors (Lipinski definition) is 2. The van der Waals surface area contributed by atoms with Crippen molar-refractivity contribution in [3.63, 3.8) is 0 Å². The predicted molar refractivity (Wildman–Crippen MR) is 55.7 cm³/mol. The molecule has 0 aliphatic carbocycles. The van der Waals surface area contributed by atoms with Crippen molar-refractivity contribution in [3.8, 4) is 0 Å². The van der Waals surface area contributed by atoms with Gasteiger partial charge in [-0.15, -0.1) is 0 Å². The van der Waals surface area contributed by atoms with E-state index in [0.717, 1.165) is 5.69 Å². The number of aromatic nitrogens is 1. The summed E-state index contributed by atoms with van der Waals surface area (Å²) in [6.07, 6.45) is 6.00. The topological polar surface area (TPSA) is 24.9 Å². The fraction of sp³-hybridized carbons (Fsp3) is 0.545. The summed E-state index contributed by atoms with van der Waals surface area (Å²) < 4.78 is 0. The number of nitrogens with one attached hydrogen (secondary N) is 1. The Hall–Kier alpha value is -0.890. The highest BCUT2D eigenvalue weighted by molar-refractivity contribution is 4.99. The monoisotopic (exact) mass is 178 g/mol. The summed E-state index contributed by atoms with van der Waals surface area (Å²) in [4.78, 5) is 3.98. The quantitative estimate of drug-likeness (QED) is 0.658. The number of aryl methyl sites for hydroxylation is 1. The molecule has 0 saturated carbocycles. The lowest BCUT2D eigenvalue weighted by Crippen LogP contribution is -2.21. The molecular weight excluding hydrogens is 160 g/mol. The normalized spacial score (nSPS) is 15.8. The van der Waals surface area contributed by atoms with Crippen molar-refractivity contribution in [3.05, 3.63) is 30.1 Å². The van der Waals surface area contributed by atoms with Crippen molar-refractivity contribution in [2.24, 2.45) is 0 Å². The van der Waals surface area contributed by atoms with Gasteiger partial charge in [0.15, 0.2) is 0 Å². The Morgan fingerprint density at radius 1 is 1.15 bits per heavy atom. The molecule has 1 aliphatic rings. The largest absolute Gasteiger partial charge is 0.317 e. The summed E-state index contributed by atoms with van der Waals surface area (Å²) in [7, 11) is 0. The molecular formula is C11H18N2. The Bertz CT molecular complexity index is 193. The molecule has 1 aliphatic heterocycles. The molecule has 72 valence electrons. The molecule has 0 atom stereocenters. The highest BCUT2D eigenvalue weighted by Crippen LogP contribution is 1.96. The van der Waals surface area contributed by atoms with Gasteiger partial charge in [0, 0.05) is 11.9 Å². The summed E-state index contributed by atoms with van der Waals surface area (Å²) in [5, 5.41) is 3.28. The van der Waals surface area contributed by atoms with E-state index in [0.29, 0.717) is 0 Å². The van der Waals surface area contributed by atoms with Gasteiger partial charge in [0.2, 0.25) is 0 Å². The van der Waals surface area contributed by atoms with E-state index in [1.807, 2.05) is 25.1 Å². The summed E-state index contributed by atoms with van der Waals surface area (Å²) >= 11 is 0. The van der Waals surface area contributed by atoms with E-state index in [1.54, 1.807) is 6.20 Å². The fourth-order valence-electron chi connectivity index (χ4n) is 1.25. The van der Waals surface area contributed by atoms with Crippen molar-refractivity contribution in [1.82, 2.24) is 10.3 Å². The van der Waals surface area contributed by atoms with Crippen molar-refractivity contribution >= 4 is 0 Å². The second-order valence-electron chi connectivity index (χ2n) is 3.28. The van der Waals surface area contributed by atoms with Gasteiger partial charge >= 0.3 is 0 Å². The summed E-state index contributed by atoms with van der Waals surface area (Å²) in [6.45, 7) is 4.47. The Balaban J connectivity index is 0.000000132.